The van der Waals surface area contributed by atoms with E-state index in [2.05, 4.69) is 15.4 Å². The number of thiazole rings is 1. The number of nitrogens with zero attached hydrogens (tertiary/aromatic N) is 4. The summed E-state index contributed by atoms with van der Waals surface area (Å²) < 4.78 is 3.70. The fraction of sp³-hybridized carbons (Fsp3) is 0.308. The fourth-order valence-corrected chi connectivity index (χ4v) is 2.76. The molecule has 0 atom stereocenters. The van der Waals surface area contributed by atoms with Crippen molar-refractivity contribution in [3.05, 3.63) is 35.7 Å². The summed E-state index contributed by atoms with van der Waals surface area (Å²) in [7, 11) is 0. The second kappa shape index (κ2) is 5.09. The highest BCUT2D eigenvalue weighted by Gasteiger charge is 2.12. The molecule has 3 aromatic heterocycles. The summed E-state index contributed by atoms with van der Waals surface area (Å²) in [6.45, 7) is 4.04. The van der Waals surface area contributed by atoms with Gasteiger partial charge in [-0.05, 0) is 13.8 Å². The molecule has 1 N–H and O–H groups in total. The Bertz CT molecular complexity index is 710. The first-order chi connectivity index (χ1) is 9.63. The Morgan fingerprint density at radius 3 is 3.10 bits per heavy atom. The molecule has 3 rings (SSSR count). The molecule has 104 valence electrons. The lowest BCUT2D eigenvalue weighted by Crippen LogP contribution is -2.18. The number of amides is 1. The number of carbonyl (C=O) groups excluding carboxylic acids is 1. The van der Waals surface area contributed by atoms with E-state index in [-0.39, 0.29) is 18.4 Å². The van der Waals surface area contributed by atoms with Crippen LogP contribution in [-0.2, 0) is 11.2 Å². The molecule has 20 heavy (non-hydrogen) atoms. The first-order valence-corrected chi connectivity index (χ1v) is 7.26. The van der Waals surface area contributed by atoms with Crippen LogP contribution in [0.1, 0.15) is 25.6 Å². The summed E-state index contributed by atoms with van der Waals surface area (Å²) in [4.78, 5) is 17.4. The molecule has 0 aliphatic carbocycles. The molecule has 6 nitrogen and oxygen atoms in total. The smallest absolute Gasteiger partial charge is 0.231 e. The van der Waals surface area contributed by atoms with Crippen molar-refractivity contribution < 1.29 is 4.79 Å². The molecule has 0 fully saturated rings. The van der Waals surface area contributed by atoms with Crippen LogP contribution in [0.2, 0.25) is 0 Å². The summed E-state index contributed by atoms with van der Waals surface area (Å²) in [5.41, 5.74) is 0.768. The van der Waals surface area contributed by atoms with E-state index in [4.69, 9.17) is 0 Å². The summed E-state index contributed by atoms with van der Waals surface area (Å²) in [5.74, 6) is 0.629. The van der Waals surface area contributed by atoms with Crippen LogP contribution >= 0.6 is 11.3 Å². The zero-order chi connectivity index (χ0) is 14.1. The highest BCUT2D eigenvalue weighted by atomic mass is 32.1. The lowest BCUT2D eigenvalue weighted by Gasteiger charge is -2.11. The second-order valence-corrected chi connectivity index (χ2v) is 5.68. The van der Waals surface area contributed by atoms with Crippen LogP contribution in [0.3, 0.4) is 0 Å². The lowest BCUT2D eigenvalue weighted by atomic mass is 10.3. The van der Waals surface area contributed by atoms with Crippen molar-refractivity contribution in [3.63, 3.8) is 0 Å². The molecular weight excluding hydrogens is 274 g/mol. The molecule has 0 aliphatic heterocycles. The first-order valence-electron chi connectivity index (χ1n) is 6.38. The number of fused-ring (bicyclic) bond motifs is 1. The predicted octanol–water partition coefficient (Wildman–Crippen LogP) is 2.35. The van der Waals surface area contributed by atoms with Crippen molar-refractivity contribution in [1.29, 1.82) is 0 Å². The molecule has 0 saturated heterocycles. The van der Waals surface area contributed by atoms with Crippen LogP contribution in [0.25, 0.3) is 4.96 Å². The van der Waals surface area contributed by atoms with Gasteiger partial charge in [0.15, 0.2) is 4.96 Å². The molecular formula is C13H15N5OS. The van der Waals surface area contributed by atoms with Crippen molar-refractivity contribution in [2.24, 2.45) is 0 Å². The molecule has 1 amide bonds. The SMILES string of the molecule is CC(C)n1nccc1NC(=O)Cc1cn2ccsc2n1. The molecule has 3 heterocycles. The largest absolute Gasteiger partial charge is 0.311 e. The van der Waals surface area contributed by atoms with Crippen LogP contribution < -0.4 is 5.32 Å². The summed E-state index contributed by atoms with van der Waals surface area (Å²) >= 11 is 1.55. The molecule has 0 aromatic carbocycles. The zero-order valence-electron chi connectivity index (χ0n) is 11.3. The van der Waals surface area contributed by atoms with Crippen LogP contribution in [0.5, 0.6) is 0 Å². The van der Waals surface area contributed by atoms with Crippen molar-refractivity contribution in [2.75, 3.05) is 5.32 Å². The molecule has 0 saturated carbocycles. The molecule has 0 aliphatic rings. The minimum atomic E-state index is -0.0850. The Kier molecular flexibility index (Phi) is 3.27. The van der Waals surface area contributed by atoms with Crippen LogP contribution in [0.4, 0.5) is 5.82 Å². The van der Waals surface area contributed by atoms with Gasteiger partial charge in [-0.15, -0.1) is 11.3 Å². The molecule has 0 bridgehead atoms. The topological polar surface area (TPSA) is 64.2 Å². The van der Waals surface area contributed by atoms with Crippen LogP contribution in [-0.4, -0.2) is 25.1 Å². The van der Waals surface area contributed by atoms with Gasteiger partial charge in [-0.2, -0.15) is 5.10 Å². The highest BCUT2D eigenvalue weighted by Crippen LogP contribution is 2.15. The molecule has 3 aromatic rings. The van der Waals surface area contributed by atoms with E-state index in [1.54, 1.807) is 28.3 Å². The number of carbonyl (C=O) groups is 1. The highest BCUT2D eigenvalue weighted by molar-refractivity contribution is 7.15. The number of imidazole rings is 1. The number of hydrogen-bond acceptors (Lipinski definition) is 4. The van der Waals surface area contributed by atoms with Crippen molar-refractivity contribution >= 4 is 28.0 Å². The maximum Gasteiger partial charge on any atom is 0.231 e. The zero-order valence-corrected chi connectivity index (χ0v) is 12.1. The van der Waals surface area contributed by atoms with E-state index in [0.29, 0.717) is 5.82 Å². The minimum absolute atomic E-state index is 0.0850. The second-order valence-electron chi connectivity index (χ2n) is 4.80. The Labute approximate surface area is 120 Å². The summed E-state index contributed by atoms with van der Waals surface area (Å²) in [6.07, 6.45) is 5.76. The van der Waals surface area contributed by atoms with Gasteiger partial charge in [-0.25, -0.2) is 9.67 Å². The maximum atomic E-state index is 12.1. The van der Waals surface area contributed by atoms with E-state index in [9.17, 15) is 4.79 Å². The molecule has 0 radical (unpaired) electrons. The van der Waals surface area contributed by atoms with Gasteiger partial charge in [0, 0.05) is 29.9 Å². The van der Waals surface area contributed by atoms with Crippen molar-refractivity contribution in [3.8, 4) is 0 Å². The Balaban J connectivity index is 1.70. The fourth-order valence-electron chi connectivity index (χ4n) is 2.04. The van der Waals surface area contributed by atoms with E-state index in [1.807, 2.05) is 36.0 Å². The van der Waals surface area contributed by atoms with Gasteiger partial charge in [0.05, 0.1) is 18.3 Å². The van der Waals surface area contributed by atoms with Crippen LogP contribution in [0, 0.1) is 0 Å². The van der Waals surface area contributed by atoms with Gasteiger partial charge < -0.3 is 5.32 Å². The van der Waals surface area contributed by atoms with Gasteiger partial charge in [0.1, 0.15) is 5.82 Å². The van der Waals surface area contributed by atoms with E-state index < -0.39 is 0 Å². The number of rotatable bonds is 4. The number of anilines is 1. The summed E-state index contributed by atoms with van der Waals surface area (Å²) in [6, 6.07) is 2.00. The third-order valence-corrected chi connectivity index (χ3v) is 3.68. The van der Waals surface area contributed by atoms with Gasteiger partial charge >= 0.3 is 0 Å². The van der Waals surface area contributed by atoms with Crippen molar-refractivity contribution in [1.82, 2.24) is 19.2 Å². The number of aromatic nitrogens is 4. The third kappa shape index (κ3) is 2.44. The quantitative estimate of drug-likeness (QED) is 0.802. The maximum absolute atomic E-state index is 12.1. The van der Waals surface area contributed by atoms with Gasteiger partial charge in [0.2, 0.25) is 5.91 Å². The van der Waals surface area contributed by atoms with E-state index in [1.165, 1.54) is 0 Å². The number of nitrogens with one attached hydrogen (secondary N) is 1. The van der Waals surface area contributed by atoms with Crippen molar-refractivity contribution in [2.45, 2.75) is 26.3 Å². The first kappa shape index (κ1) is 12.9. The Morgan fingerprint density at radius 2 is 2.35 bits per heavy atom. The summed E-state index contributed by atoms with van der Waals surface area (Å²) in [5, 5.41) is 9.02. The molecule has 0 unspecified atom stereocenters. The van der Waals surface area contributed by atoms with E-state index in [0.717, 1.165) is 10.7 Å². The monoisotopic (exact) mass is 289 g/mol. The normalized spacial score (nSPS) is 11.3. The van der Waals surface area contributed by atoms with E-state index >= 15 is 0 Å². The average molecular weight is 289 g/mol. The minimum Gasteiger partial charge on any atom is -0.311 e. The average Bonchev–Trinajstić information content (AvgIpc) is 3.03. The standard InChI is InChI=1S/C13H15N5OS/c1-9(2)18-11(3-4-14-18)16-12(19)7-10-8-17-5-6-20-13(17)15-10/h3-6,8-9H,7H2,1-2H3,(H,16,19). The Hall–Kier alpha value is -2.15. The van der Waals surface area contributed by atoms with Gasteiger partial charge in [0.25, 0.3) is 0 Å². The van der Waals surface area contributed by atoms with Gasteiger partial charge in [-0.3, -0.25) is 9.20 Å². The predicted molar refractivity (Wildman–Crippen MR) is 78.0 cm³/mol. The third-order valence-electron chi connectivity index (χ3n) is 2.91. The molecule has 7 heteroatoms. The lowest BCUT2D eigenvalue weighted by molar-refractivity contribution is -0.115. The van der Waals surface area contributed by atoms with Gasteiger partial charge in [-0.1, -0.05) is 0 Å². The molecule has 0 spiro atoms. The van der Waals surface area contributed by atoms with Crippen LogP contribution in [0.15, 0.2) is 30.0 Å². The Morgan fingerprint density at radius 1 is 1.50 bits per heavy atom. The number of hydrogen-bond donors (Lipinski definition) is 1.